The molecule has 2 rings (SSSR count). The maximum atomic E-state index is 11.8. The molecular formula is C15H22N2O2. The van der Waals surface area contributed by atoms with E-state index in [0.29, 0.717) is 23.4 Å². The standard InChI is InChI=1S/C15H22N2O2/c1-11-5-2-3-8-14(11)17-15(18)10-19-13-7-4-6-12(16)9-13/h4,6-7,9,11,14H,2-3,5,8,10,16H2,1H3,(H,17,18). The molecule has 4 nitrogen and oxygen atoms in total. The van der Waals surface area contributed by atoms with Gasteiger partial charge in [0.25, 0.3) is 5.91 Å². The molecule has 3 N–H and O–H groups in total. The highest BCUT2D eigenvalue weighted by atomic mass is 16.5. The van der Waals surface area contributed by atoms with E-state index in [1.165, 1.54) is 19.3 Å². The van der Waals surface area contributed by atoms with Crippen LogP contribution in [0.15, 0.2) is 24.3 Å². The van der Waals surface area contributed by atoms with Gasteiger partial charge in [-0.05, 0) is 30.9 Å². The van der Waals surface area contributed by atoms with Crippen LogP contribution in [0.1, 0.15) is 32.6 Å². The van der Waals surface area contributed by atoms with Crippen molar-refractivity contribution in [2.24, 2.45) is 5.92 Å². The Hall–Kier alpha value is -1.71. The minimum atomic E-state index is -0.0545. The van der Waals surface area contributed by atoms with Crippen molar-refractivity contribution in [1.29, 1.82) is 0 Å². The molecule has 0 bridgehead atoms. The lowest BCUT2D eigenvalue weighted by atomic mass is 9.86. The second-order valence-electron chi connectivity index (χ2n) is 5.30. The van der Waals surface area contributed by atoms with E-state index in [2.05, 4.69) is 12.2 Å². The number of nitrogens with one attached hydrogen (secondary N) is 1. The molecule has 1 aromatic rings. The van der Waals surface area contributed by atoms with Gasteiger partial charge < -0.3 is 15.8 Å². The van der Waals surface area contributed by atoms with E-state index < -0.39 is 0 Å². The van der Waals surface area contributed by atoms with E-state index in [-0.39, 0.29) is 12.5 Å². The Balaban J connectivity index is 1.78. The first kappa shape index (κ1) is 13.7. The number of amides is 1. The number of rotatable bonds is 4. The molecule has 0 spiro atoms. The topological polar surface area (TPSA) is 64.3 Å². The van der Waals surface area contributed by atoms with E-state index >= 15 is 0 Å². The fraction of sp³-hybridized carbons (Fsp3) is 0.533. The average Bonchev–Trinajstić information content (AvgIpc) is 2.39. The third-order valence-electron chi connectivity index (χ3n) is 3.69. The normalized spacial score (nSPS) is 22.8. The largest absolute Gasteiger partial charge is 0.484 e. The summed E-state index contributed by atoms with van der Waals surface area (Å²) in [6.45, 7) is 2.25. The monoisotopic (exact) mass is 262 g/mol. The molecule has 1 aromatic carbocycles. The van der Waals surface area contributed by atoms with Crippen LogP contribution in [0.3, 0.4) is 0 Å². The molecule has 1 aliphatic rings. The predicted octanol–water partition coefficient (Wildman–Crippen LogP) is 2.34. The number of hydrogen-bond donors (Lipinski definition) is 2. The van der Waals surface area contributed by atoms with Gasteiger partial charge in [0, 0.05) is 17.8 Å². The molecule has 0 heterocycles. The highest BCUT2D eigenvalue weighted by molar-refractivity contribution is 5.77. The van der Waals surface area contributed by atoms with Gasteiger partial charge in [0.15, 0.2) is 6.61 Å². The van der Waals surface area contributed by atoms with Gasteiger partial charge in [0.2, 0.25) is 0 Å². The Morgan fingerprint density at radius 2 is 2.21 bits per heavy atom. The second kappa shape index (κ2) is 6.45. The molecule has 0 radical (unpaired) electrons. The van der Waals surface area contributed by atoms with Gasteiger partial charge in [-0.1, -0.05) is 25.8 Å². The molecular weight excluding hydrogens is 240 g/mol. The van der Waals surface area contributed by atoms with Crippen molar-refractivity contribution in [2.45, 2.75) is 38.6 Å². The fourth-order valence-electron chi connectivity index (χ4n) is 2.53. The van der Waals surface area contributed by atoms with Crippen LogP contribution in [0.4, 0.5) is 5.69 Å². The van der Waals surface area contributed by atoms with Crippen molar-refractivity contribution in [2.75, 3.05) is 12.3 Å². The minimum Gasteiger partial charge on any atom is -0.484 e. The van der Waals surface area contributed by atoms with Crippen LogP contribution in [0.25, 0.3) is 0 Å². The summed E-state index contributed by atoms with van der Waals surface area (Å²) >= 11 is 0. The lowest BCUT2D eigenvalue weighted by Crippen LogP contribution is -2.43. The molecule has 1 amide bonds. The van der Waals surface area contributed by atoms with Crippen LogP contribution in [0.2, 0.25) is 0 Å². The number of carbonyl (C=O) groups is 1. The molecule has 104 valence electrons. The Labute approximate surface area is 114 Å². The van der Waals surface area contributed by atoms with Gasteiger partial charge in [-0.2, -0.15) is 0 Å². The number of nitrogen functional groups attached to an aromatic ring is 1. The minimum absolute atomic E-state index is 0.0483. The van der Waals surface area contributed by atoms with Crippen LogP contribution in [0, 0.1) is 5.92 Å². The quantitative estimate of drug-likeness (QED) is 0.819. The Bertz CT molecular complexity index is 434. The number of carbonyl (C=O) groups excluding carboxylic acids is 1. The SMILES string of the molecule is CC1CCCCC1NC(=O)COc1cccc(N)c1. The molecule has 2 unspecified atom stereocenters. The molecule has 2 atom stereocenters. The average molecular weight is 262 g/mol. The molecule has 0 saturated heterocycles. The zero-order valence-electron chi connectivity index (χ0n) is 11.4. The molecule has 1 saturated carbocycles. The van der Waals surface area contributed by atoms with E-state index in [4.69, 9.17) is 10.5 Å². The maximum absolute atomic E-state index is 11.8. The van der Waals surface area contributed by atoms with Gasteiger partial charge in [-0.25, -0.2) is 0 Å². The summed E-state index contributed by atoms with van der Waals surface area (Å²) in [4.78, 5) is 11.8. The summed E-state index contributed by atoms with van der Waals surface area (Å²) in [6, 6.07) is 7.41. The summed E-state index contributed by atoms with van der Waals surface area (Å²) in [5.74, 6) is 1.14. The van der Waals surface area contributed by atoms with Gasteiger partial charge in [-0.15, -0.1) is 0 Å². The first-order valence-corrected chi connectivity index (χ1v) is 6.93. The van der Waals surface area contributed by atoms with Crippen molar-refractivity contribution in [3.05, 3.63) is 24.3 Å². The van der Waals surface area contributed by atoms with Crippen molar-refractivity contribution >= 4 is 11.6 Å². The zero-order valence-corrected chi connectivity index (χ0v) is 11.4. The van der Waals surface area contributed by atoms with Crippen molar-refractivity contribution in [3.8, 4) is 5.75 Å². The van der Waals surface area contributed by atoms with Crippen molar-refractivity contribution in [3.63, 3.8) is 0 Å². The first-order chi connectivity index (χ1) is 9.15. The lowest BCUT2D eigenvalue weighted by Gasteiger charge is -2.29. The summed E-state index contributed by atoms with van der Waals surface area (Å²) < 4.78 is 5.43. The van der Waals surface area contributed by atoms with E-state index in [1.54, 1.807) is 18.2 Å². The number of nitrogens with two attached hydrogens (primary N) is 1. The van der Waals surface area contributed by atoms with Gasteiger partial charge in [0.05, 0.1) is 0 Å². The lowest BCUT2D eigenvalue weighted by molar-refractivity contribution is -0.124. The highest BCUT2D eigenvalue weighted by Crippen LogP contribution is 2.23. The Morgan fingerprint density at radius 3 is 2.95 bits per heavy atom. The van der Waals surface area contributed by atoms with Gasteiger partial charge in [0.1, 0.15) is 5.75 Å². The van der Waals surface area contributed by atoms with E-state index in [9.17, 15) is 4.79 Å². The summed E-state index contributed by atoms with van der Waals surface area (Å²) in [5, 5.41) is 3.06. The number of anilines is 1. The number of hydrogen-bond acceptors (Lipinski definition) is 3. The summed E-state index contributed by atoms with van der Waals surface area (Å²) in [5.41, 5.74) is 6.29. The van der Waals surface area contributed by atoms with Crippen molar-refractivity contribution in [1.82, 2.24) is 5.32 Å². The molecule has 1 fully saturated rings. The predicted molar refractivity (Wildman–Crippen MR) is 75.9 cm³/mol. The molecule has 4 heteroatoms. The second-order valence-corrected chi connectivity index (χ2v) is 5.30. The third kappa shape index (κ3) is 4.16. The summed E-state index contributed by atoms with van der Waals surface area (Å²) in [6.07, 6.45) is 4.74. The third-order valence-corrected chi connectivity index (χ3v) is 3.69. The highest BCUT2D eigenvalue weighted by Gasteiger charge is 2.22. The van der Waals surface area contributed by atoms with Crippen LogP contribution in [0.5, 0.6) is 5.75 Å². The van der Waals surface area contributed by atoms with Gasteiger partial charge >= 0.3 is 0 Å². The first-order valence-electron chi connectivity index (χ1n) is 6.93. The van der Waals surface area contributed by atoms with Crippen molar-refractivity contribution < 1.29 is 9.53 Å². The van der Waals surface area contributed by atoms with Crippen LogP contribution in [-0.2, 0) is 4.79 Å². The van der Waals surface area contributed by atoms with E-state index in [1.807, 2.05) is 6.07 Å². The number of benzene rings is 1. The van der Waals surface area contributed by atoms with Crippen LogP contribution in [-0.4, -0.2) is 18.6 Å². The van der Waals surface area contributed by atoms with E-state index in [0.717, 1.165) is 6.42 Å². The van der Waals surface area contributed by atoms with Crippen LogP contribution < -0.4 is 15.8 Å². The Morgan fingerprint density at radius 1 is 1.42 bits per heavy atom. The molecule has 0 aliphatic heterocycles. The van der Waals surface area contributed by atoms with Gasteiger partial charge in [-0.3, -0.25) is 4.79 Å². The Kier molecular flexibility index (Phi) is 4.66. The summed E-state index contributed by atoms with van der Waals surface area (Å²) in [7, 11) is 0. The molecule has 0 aromatic heterocycles. The fourth-order valence-corrected chi connectivity index (χ4v) is 2.53. The van der Waals surface area contributed by atoms with Crippen LogP contribution >= 0.6 is 0 Å². The molecule has 1 aliphatic carbocycles. The maximum Gasteiger partial charge on any atom is 0.258 e. The molecule has 19 heavy (non-hydrogen) atoms. The zero-order chi connectivity index (χ0) is 13.7. The number of ether oxygens (including phenoxy) is 1. The smallest absolute Gasteiger partial charge is 0.258 e.